The molecule has 0 spiro atoms. The van der Waals surface area contributed by atoms with Gasteiger partial charge in [0.25, 0.3) is 0 Å². The van der Waals surface area contributed by atoms with Crippen molar-refractivity contribution in [3.05, 3.63) is 30.3 Å². The molecular formula is C20H36N2O3. The van der Waals surface area contributed by atoms with Gasteiger partial charge in [0, 0.05) is 31.8 Å². The van der Waals surface area contributed by atoms with Gasteiger partial charge in [0.1, 0.15) is 0 Å². The minimum Gasteiger partial charge on any atom is -0.383 e. The number of benzene rings is 1. The van der Waals surface area contributed by atoms with E-state index in [9.17, 15) is 4.79 Å². The summed E-state index contributed by atoms with van der Waals surface area (Å²) < 4.78 is 10.9. The minimum absolute atomic E-state index is 0.0144. The van der Waals surface area contributed by atoms with Gasteiger partial charge in [-0.1, -0.05) is 45.9 Å². The summed E-state index contributed by atoms with van der Waals surface area (Å²) in [7, 11) is 0. The molecule has 1 aromatic carbocycles. The Balaban J connectivity index is 0.00000277. The Morgan fingerprint density at radius 3 is 2.28 bits per heavy atom. The van der Waals surface area contributed by atoms with Crippen LogP contribution < -0.4 is 10.6 Å². The molecule has 25 heavy (non-hydrogen) atoms. The van der Waals surface area contributed by atoms with Gasteiger partial charge in [-0.05, 0) is 24.5 Å². The van der Waals surface area contributed by atoms with Crippen molar-refractivity contribution in [2.45, 2.75) is 40.5 Å². The monoisotopic (exact) mass is 352 g/mol. The highest BCUT2D eigenvalue weighted by Crippen LogP contribution is 2.03. The largest absolute Gasteiger partial charge is 0.383 e. The smallest absolute Gasteiger partial charge is 0.222 e. The molecule has 0 saturated carbocycles. The molecule has 0 saturated heterocycles. The Kier molecular flexibility index (Phi) is 16.1. The van der Waals surface area contributed by atoms with Crippen LogP contribution >= 0.6 is 0 Å². The fraction of sp³-hybridized carbons (Fsp3) is 0.650. The van der Waals surface area contributed by atoms with Crippen LogP contribution in [0.2, 0.25) is 0 Å². The third-order valence-electron chi connectivity index (χ3n) is 3.23. The summed E-state index contributed by atoms with van der Waals surface area (Å²) >= 11 is 0. The van der Waals surface area contributed by atoms with E-state index in [4.69, 9.17) is 9.47 Å². The Morgan fingerprint density at radius 1 is 0.960 bits per heavy atom. The number of carbonyl (C=O) groups is 1. The number of hydrogen-bond donors (Lipinski definition) is 2. The molecular weight excluding hydrogens is 316 g/mol. The maximum absolute atomic E-state index is 11.6. The number of carbonyl (C=O) groups excluding carboxylic acids is 1. The van der Waals surface area contributed by atoms with E-state index < -0.39 is 0 Å². The number of amides is 1. The van der Waals surface area contributed by atoms with E-state index in [2.05, 4.69) is 24.5 Å². The predicted molar refractivity (Wildman–Crippen MR) is 105 cm³/mol. The summed E-state index contributed by atoms with van der Waals surface area (Å²) in [6.07, 6.45) is 1.44. The Bertz CT molecular complexity index is 411. The van der Waals surface area contributed by atoms with E-state index in [1.807, 2.05) is 44.2 Å². The average molecular weight is 353 g/mol. The molecule has 0 atom stereocenters. The Hall–Kier alpha value is -1.59. The van der Waals surface area contributed by atoms with Crippen LogP contribution in [0.1, 0.15) is 40.5 Å². The van der Waals surface area contributed by atoms with Gasteiger partial charge in [-0.25, -0.2) is 0 Å². The van der Waals surface area contributed by atoms with Crippen LogP contribution in [-0.2, 0) is 14.3 Å². The van der Waals surface area contributed by atoms with Crippen molar-refractivity contribution in [2.75, 3.05) is 44.8 Å². The zero-order valence-electron chi connectivity index (χ0n) is 16.3. The lowest BCUT2D eigenvalue weighted by Gasteiger charge is -2.09. The molecule has 0 aromatic heterocycles. The maximum Gasteiger partial charge on any atom is 0.222 e. The number of rotatable bonds is 13. The van der Waals surface area contributed by atoms with E-state index in [0.29, 0.717) is 38.7 Å². The summed E-state index contributed by atoms with van der Waals surface area (Å²) in [6, 6.07) is 10.0. The highest BCUT2D eigenvalue weighted by Gasteiger charge is 2.01. The molecule has 0 bridgehead atoms. The first-order valence-corrected chi connectivity index (χ1v) is 9.39. The third kappa shape index (κ3) is 15.7. The summed E-state index contributed by atoms with van der Waals surface area (Å²) in [5.74, 6) is 0.651. The second-order valence-corrected chi connectivity index (χ2v) is 5.80. The van der Waals surface area contributed by atoms with Crippen LogP contribution in [0.25, 0.3) is 0 Å². The van der Waals surface area contributed by atoms with Gasteiger partial charge >= 0.3 is 0 Å². The lowest BCUT2D eigenvalue weighted by atomic mass is 10.1. The van der Waals surface area contributed by atoms with Crippen LogP contribution in [0.5, 0.6) is 0 Å². The predicted octanol–water partition coefficient (Wildman–Crippen LogP) is 3.71. The van der Waals surface area contributed by atoms with Crippen LogP contribution in [-0.4, -0.2) is 45.4 Å². The molecule has 2 N–H and O–H groups in total. The number of para-hydroxylation sites is 1. The van der Waals surface area contributed by atoms with Crippen LogP contribution in [0.4, 0.5) is 5.69 Å². The van der Waals surface area contributed by atoms with E-state index in [0.717, 1.165) is 25.3 Å². The summed E-state index contributed by atoms with van der Waals surface area (Å²) in [4.78, 5) is 11.6. The van der Waals surface area contributed by atoms with Crippen LogP contribution in [0.15, 0.2) is 30.3 Å². The second kappa shape index (κ2) is 17.2. The van der Waals surface area contributed by atoms with Crippen molar-refractivity contribution in [1.29, 1.82) is 0 Å². The lowest BCUT2D eigenvalue weighted by Crippen LogP contribution is -2.28. The van der Waals surface area contributed by atoms with E-state index in [-0.39, 0.29) is 5.91 Å². The minimum atomic E-state index is 0.0144. The molecule has 1 rings (SSSR count). The second-order valence-electron chi connectivity index (χ2n) is 5.80. The van der Waals surface area contributed by atoms with E-state index in [1.165, 1.54) is 0 Å². The molecule has 0 unspecified atom stereocenters. The Labute approximate surface area is 153 Å². The SMILES string of the molecule is CC.CC(C)CCOCCC(=O)NCCOCCNc1ccccc1. The normalized spacial score (nSPS) is 10.1. The van der Waals surface area contributed by atoms with Gasteiger partial charge in [-0.2, -0.15) is 0 Å². The van der Waals surface area contributed by atoms with Gasteiger partial charge in [0.2, 0.25) is 5.91 Å². The van der Waals surface area contributed by atoms with Crippen molar-refractivity contribution >= 4 is 11.6 Å². The topological polar surface area (TPSA) is 59.6 Å². The van der Waals surface area contributed by atoms with Gasteiger partial charge in [-0.3, -0.25) is 4.79 Å². The molecule has 5 nitrogen and oxygen atoms in total. The molecule has 0 radical (unpaired) electrons. The van der Waals surface area contributed by atoms with Crippen molar-refractivity contribution < 1.29 is 14.3 Å². The third-order valence-corrected chi connectivity index (χ3v) is 3.23. The van der Waals surface area contributed by atoms with Gasteiger partial charge in [-0.15, -0.1) is 0 Å². The number of nitrogens with one attached hydrogen (secondary N) is 2. The van der Waals surface area contributed by atoms with Crippen LogP contribution in [0, 0.1) is 5.92 Å². The fourth-order valence-electron chi connectivity index (χ4n) is 1.86. The van der Waals surface area contributed by atoms with Crippen molar-refractivity contribution in [3.8, 4) is 0 Å². The zero-order chi connectivity index (χ0) is 18.8. The molecule has 144 valence electrons. The standard InChI is InChI=1S/C18H30N2O3.C2H6/c1-16(2)8-12-22-13-9-18(21)20-11-15-23-14-10-19-17-6-4-3-5-7-17;1-2/h3-7,16,19H,8-15H2,1-2H3,(H,20,21);1-2H3. The summed E-state index contributed by atoms with van der Waals surface area (Å²) in [6.45, 7) is 12.0. The average Bonchev–Trinajstić information content (AvgIpc) is 2.63. The molecule has 5 heteroatoms. The van der Waals surface area contributed by atoms with Crippen LogP contribution in [0.3, 0.4) is 0 Å². The quantitative estimate of drug-likeness (QED) is 0.531. The first-order valence-electron chi connectivity index (χ1n) is 9.39. The molecule has 1 aromatic rings. The summed E-state index contributed by atoms with van der Waals surface area (Å²) in [5.41, 5.74) is 1.09. The van der Waals surface area contributed by atoms with Crippen molar-refractivity contribution in [3.63, 3.8) is 0 Å². The number of ether oxygens (including phenoxy) is 2. The molecule has 0 heterocycles. The zero-order valence-corrected chi connectivity index (χ0v) is 16.3. The first-order chi connectivity index (χ1) is 12.2. The van der Waals surface area contributed by atoms with E-state index in [1.54, 1.807) is 0 Å². The maximum atomic E-state index is 11.6. The highest BCUT2D eigenvalue weighted by molar-refractivity contribution is 5.75. The molecule has 0 aliphatic carbocycles. The molecule has 0 fully saturated rings. The first kappa shape index (κ1) is 23.4. The van der Waals surface area contributed by atoms with E-state index >= 15 is 0 Å². The molecule has 1 amide bonds. The lowest BCUT2D eigenvalue weighted by molar-refractivity contribution is -0.122. The molecule has 0 aliphatic heterocycles. The Morgan fingerprint density at radius 2 is 1.60 bits per heavy atom. The van der Waals surface area contributed by atoms with Crippen molar-refractivity contribution in [2.24, 2.45) is 5.92 Å². The summed E-state index contributed by atoms with van der Waals surface area (Å²) in [5, 5.41) is 6.09. The van der Waals surface area contributed by atoms with Crippen molar-refractivity contribution in [1.82, 2.24) is 5.32 Å². The number of hydrogen-bond acceptors (Lipinski definition) is 4. The highest BCUT2D eigenvalue weighted by atomic mass is 16.5. The molecule has 0 aliphatic rings. The van der Waals surface area contributed by atoms with Gasteiger partial charge in [0.15, 0.2) is 0 Å². The van der Waals surface area contributed by atoms with Gasteiger partial charge in [0.05, 0.1) is 19.8 Å². The fourth-order valence-corrected chi connectivity index (χ4v) is 1.86. The van der Waals surface area contributed by atoms with Gasteiger partial charge < -0.3 is 20.1 Å². The number of anilines is 1.